The lowest BCUT2D eigenvalue weighted by molar-refractivity contribution is 0.303. The molecule has 0 saturated heterocycles. The summed E-state index contributed by atoms with van der Waals surface area (Å²) in [7, 11) is 7.79. The van der Waals surface area contributed by atoms with Crippen LogP contribution in [-0.4, -0.2) is 38.1 Å². The number of aromatic nitrogens is 1. The molecule has 1 rings (SSSR count). The van der Waals surface area contributed by atoms with Gasteiger partial charge in [-0.2, -0.15) is 0 Å². The molecule has 1 atom stereocenters. The topological polar surface area (TPSA) is 36.4 Å². The van der Waals surface area contributed by atoms with Crippen molar-refractivity contribution in [3.63, 3.8) is 0 Å². The molecular weight excluding hydrogens is 187 g/mol. The normalized spacial score (nSPS) is 12.5. The van der Waals surface area contributed by atoms with Crippen LogP contribution in [0.4, 0.5) is 5.82 Å². The molecule has 0 aliphatic heterocycles. The van der Waals surface area contributed by atoms with Crippen molar-refractivity contribution in [2.75, 3.05) is 25.1 Å². The number of aliphatic hydroxyl groups excluding tert-OH is 1. The Morgan fingerprint density at radius 2 is 2.27 bits per heavy atom. The van der Waals surface area contributed by atoms with E-state index < -0.39 is 0 Å². The summed E-state index contributed by atoms with van der Waals surface area (Å²) in [5.41, 5.74) is 2.12. The van der Waals surface area contributed by atoms with Crippen LogP contribution in [0.25, 0.3) is 0 Å². The fraction of sp³-hybridized carbons (Fsp3) is 0.545. The van der Waals surface area contributed by atoms with Crippen molar-refractivity contribution in [3.05, 3.63) is 23.4 Å². The van der Waals surface area contributed by atoms with E-state index in [1.165, 1.54) is 0 Å². The lowest BCUT2D eigenvalue weighted by Gasteiger charge is -2.22. The first-order valence-corrected chi connectivity index (χ1v) is 5.10. The Hall–Kier alpha value is -1.03. The van der Waals surface area contributed by atoms with Crippen molar-refractivity contribution >= 4 is 13.7 Å². The van der Waals surface area contributed by atoms with Crippen molar-refractivity contribution in [2.24, 2.45) is 0 Å². The van der Waals surface area contributed by atoms with Crippen LogP contribution >= 0.6 is 0 Å². The molecule has 3 nitrogen and oxygen atoms in total. The molecule has 1 unspecified atom stereocenters. The molecule has 1 aromatic heterocycles. The quantitative estimate of drug-likeness (QED) is 0.744. The van der Waals surface area contributed by atoms with Gasteiger partial charge < -0.3 is 10.0 Å². The first-order valence-electron chi connectivity index (χ1n) is 5.10. The summed E-state index contributed by atoms with van der Waals surface area (Å²) in [5, 5.41) is 8.88. The lowest BCUT2D eigenvalue weighted by Crippen LogP contribution is -2.24. The maximum absolute atomic E-state index is 8.88. The second-order valence-electron chi connectivity index (χ2n) is 3.86. The average molecular weight is 204 g/mol. The molecule has 80 valence electrons. The zero-order chi connectivity index (χ0) is 11.4. The van der Waals surface area contributed by atoms with E-state index in [9.17, 15) is 0 Å². The van der Waals surface area contributed by atoms with E-state index in [4.69, 9.17) is 13.0 Å². The molecule has 15 heavy (non-hydrogen) atoms. The fourth-order valence-electron chi connectivity index (χ4n) is 1.49. The molecule has 0 aromatic carbocycles. The molecule has 0 amide bonds. The van der Waals surface area contributed by atoms with Crippen molar-refractivity contribution in [3.8, 4) is 0 Å². The summed E-state index contributed by atoms with van der Waals surface area (Å²) in [6.45, 7) is 4.61. The summed E-state index contributed by atoms with van der Waals surface area (Å²) < 4.78 is 0. The lowest BCUT2D eigenvalue weighted by atomic mass is 9.82. The first-order chi connectivity index (χ1) is 7.06. The third-order valence-electron chi connectivity index (χ3n) is 2.32. The largest absolute Gasteiger partial charge is 0.395 e. The molecular formula is C11H17BN2O. The van der Waals surface area contributed by atoms with Gasteiger partial charge in [-0.25, -0.2) is 4.98 Å². The molecule has 0 bridgehead atoms. The van der Waals surface area contributed by atoms with E-state index in [2.05, 4.69) is 4.98 Å². The van der Waals surface area contributed by atoms with Crippen molar-refractivity contribution < 1.29 is 5.11 Å². The Bertz CT molecular complexity index is 328. The average Bonchev–Trinajstić information content (AvgIpc) is 2.17. The highest BCUT2D eigenvalue weighted by Crippen LogP contribution is 2.23. The summed E-state index contributed by atoms with van der Waals surface area (Å²) in [4.78, 5) is 6.27. The molecule has 4 heteroatoms. The SMILES string of the molecule is [B]C(C)c1cc(C)cnc1N(C)CCO. The molecule has 1 heterocycles. The Morgan fingerprint density at radius 3 is 2.80 bits per heavy atom. The zero-order valence-corrected chi connectivity index (χ0v) is 9.57. The van der Waals surface area contributed by atoms with E-state index in [0.717, 1.165) is 16.9 Å². The maximum Gasteiger partial charge on any atom is 0.131 e. The highest BCUT2D eigenvalue weighted by atomic mass is 16.3. The molecule has 0 saturated carbocycles. The van der Waals surface area contributed by atoms with Gasteiger partial charge in [0.2, 0.25) is 0 Å². The number of aryl methyl sites for hydroxylation is 1. The van der Waals surface area contributed by atoms with E-state index in [1.54, 1.807) is 0 Å². The number of pyridine rings is 1. The van der Waals surface area contributed by atoms with Crippen LogP contribution in [0.2, 0.25) is 0 Å². The van der Waals surface area contributed by atoms with Crippen LogP contribution in [-0.2, 0) is 0 Å². The first kappa shape index (κ1) is 12.0. The third kappa shape index (κ3) is 2.96. The van der Waals surface area contributed by atoms with Gasteiger partial charge in [-0.15, -0.1) is 0 Å². The van der Waals surface area contributed by atoms with E-state index >= 15 is 0 Å². The van der Waals surface area contributed by atoms with E-state index in [1.807, 2.05) is 38.1 Å². The molecule has 0 aliphatic carbocycles. The van der Waals surface area contributed by atoms with Gasteiger partial charge in [0.15, 0.2) is 0 Å². The van der Waals surface area contributed by atoms with Gasteiger partial charge in [0.25, 0.3) is 0 Å². The molecule has 0 aliphatic rings. The minimum atomic E-state index is -0.0476. The molecule has 1 N–H and O–H groups in total. The van der Waals surface area contributed by atoms with Crippen LogP contribution in [0.3, 0.4) is 0 Å². The monoisotopic (exact) mass is 204 g/mol. The van der Waals surface area contributed by atoms with Gasteiger partial charge in [-0.1, -0.05) is 18.8 Å². The van der Waals surface area contributed by atoms with Crippen molar-refractivity contribution in [1.82, 2.24) is 4.98 Å². The minimum absolute atomic E-state index is 0.0476. The molecule has 2 radical (unpaired) electrons. The fourth-order valence-corrected chi connectivity index (χ4v) is 1.49. The number of likely N-dealkylation sites (N-methyl/N-ethyl adjacent to an activating group) is 1. The Morgan fingerprint density at radius 1 is 1.60 bits per heavy atom. The minimum Gasteiger partial charge on any atom is -0.395 e. The summed E-state index contributed by atoms with van der Waals surface area (Å²) in [6.07, 6.45) is 1.81. The second kappa shape index (κ2) is 5.17. The Kier molecular flexibility index (Phi) is 4.15. The van der Waals surface area contributed by atoms with Gasteiger partial charge >= 0.3 is 0 Å². The van der Waals surface area contributed by atoms with Crippen molar-refractivity contribution in [2.45, 2.75) is 19.7 Å². The Labute approximate surface area is 92.5 Å². The number of hydrogen-bond donors (Lipinski definition) is 1. The van der Waals surface area contributed by atoms with Crippen LogP contribution in [0.5, 0.6) is 0 Å². The van der Waals surface area contributed by atoms with Gasteiger partial charge in [0, 0.05) is 19.8 Å². The van der Waals surface area contributed by atoms with E-state index in [0.29, 0.717) is 6.54 Å². The van der Waals surface area contributed by atoms with Crippen LogP contribution in [0, 0.1) is 6.92 Å². The third-order valence-corrected chi connectivity index (χ3v) is 2.32. The van der Waals surface area contributed by atoms with Crippen LogP contribution < -0.4 is 4.90 Å². The van der Waals surface area contributed by atoms with Crippen LogP contribution in [0.1, 0.15) is 23.9 Å². The number of hydrogen-bond acceptors (Lipinski definition) is 3. The smallest absolute Gasteiger partial charge is 0.131 e. The number of nitrogens with zero attached hydrogens (tertiary/aromatic N) is 2. The van der Waals surface area contributed by atoms with Gasteiger partial charge in [0.05, 0.1) is 14.5 Å². The molecule has 0 spiro atoms. The van der Waals surface area contributed by atoms with Gasteiger partial charge in [-0.05, 0) is 18.1 Å². The van der Waals surface area contributed by atoms with Gasteiger partial charge in [0.1, 0.15) is 5.82 Å². The summed E-state index contributed by atoms with van der Waals surface area (Å²) in [5.74, 6) is 0.804. The maximum atomic E-state index is 8.88. The molecule has 0 fully saturated rings. The highest BCUT2D eigenvalue weighted by molar-refractivity contribution is 6.12. The summed E-state index contributed by atoms with van der Waals surface area (Å²) in [6, 6.07) is 2.04. The molecule has 1 aromatic rings. The van der Waals surface area contributed by atoms with Gasteiger partial charge in [-0.3, -0.25) is 0 Å². The van der Waals surface area contributed by atoms with E-state index in [-0.39, 0.29) is 12.4 Å². The second-order valence-corrected chi connectivity index (χ2v) is 3.86. The number of rotatable bonds is 4. The standard InChI is InChI=1S/C11H17BN2O/c1-8-6-10(9(2)12)11(13-7-8)14(3)4-5-15/h6-7,9,15H,4-5H2,1-3H3. The number of anilines is 1. The highest BCUT2D eigenvalue weighted by Gasteiger charge is 2.11. The Balaban J connectivity index is 3.05. The zero-order valence-electron chi connectivity index (χ0n) is 9.57. The number of aliphatic hydroxyl groups is 1. The predicted molar refractivity (Wildman–Crippen MR) is 63.5 cm³/mol. The predicted octanol–water partition coefficient (Wildman–Crippen LogP) is 1.05. The summed E-state index contributed by atoms with van der Waals surface area (Å²) >= 11 is 0. The van der Waals surface area contributed by atoms with Crippen LogP contribution in [0.15, 0.2) is 12.3 Å². The van der Waals surface area contributed by atoms with Crippen molar-refractivity contribution in [1.29, 1.82) is 0 Å².